The predicted octanol–water partition coefficient (Wildman–Crippen LogP) is -0.793. The summed E-state index contributed by atoms with van der Waals surface area (Å²) in [5, 5.41) is 4.94. The van der Waals surface area contributed by atoms with Gasteiger partial charge in [0, 0.05) is 6.04 Å². The van der Waals surface area contributed by atoms with E-state index in [0.29, 0.717) is 31.9 Å². The number of nitrogens with zero attached hydrogens (tertiary/aromatic N) is 1. The average Bonchev–Trinajstić information content (AvgIpc) is 2.66. The molecule has 1 aromatic rings. The van der Waals surface area contributed by atoms with Crippen LogP contribution in [0.2, 0.25) is 0 Å². The van der Waals surface area contributed by atoms with Gasteiger partial charge in [-0.25, -0.2) is 13.2 Å². The first-order valence-corrected chi connectivity index (χ1v) is 10.7. The lowest BCUT2D eigenvalue weighted by atomic mass is 10.2. The number of methoxy groups -OCH3 is 1. The number of benzene rings is 1. The van der Waals surface area contributed by atoms with Gasteiger partial charge in [-0.15, -0.1) is 0 Å². The normalized spacial score (nSPS) is 17.2. The van der Waals surface area contributed by atoms with Crippen molar-refractivity contribution in [3.63, 3.8) is 0 Å². The van der Waals surface area contributed by atoms with Crippen molar-refractivity contribution in [2.24, 2.45) is 0 Å². The summed E-state index contributed by atoms with van der Waals surface area (Å²) in [7, 11) is -2.07. The van der Waals surface area contributed by atoms with Gasteiger partial charge in [-0.05, 0) is 45.0 Å². The first kappa shape index (κ1) is 22.1. The second-order valence-corrected chi connectivity index (χ2v) is 9.01. The zero-order valence-electron chi connectivity index (χ0n) is 16.7. The molecule has 10 heteroatoms. The lowest BCUT2D eigenvalue weighted by Crippen LogP contribution is -3.19. The maximum atomic E-state index is 12.8. The van der Waals surface area contributed by atoms with Crippen molar-refractivity contribution < 1.29 is 27.6 Å². The second-order valence-electron chi connectivity index (χ2n) is 7.08. The number of hydrogen-bond acceptors (Lipinski definition) is 5. The van der Waals surface area contributed by atoms with E-state index in [4.69, 9.17) is 4.74 Å². The van der Waals surface area contributed by atoms with E-state index < -0.39 is 22.1 Å². The van der Waals surface area contributed by atoms with Crippen molar-refractivity contribution in [2.45, 2.75) is 37.8 Å². The first-order chi connectivity index (χ1) is 13.1. The minimum absolute atomic E-state index is 0.0674. The average molecular weight is 414 g/mol. The molecule has 0 saturated carbocycles. The van der Waals surface area contributed by atoms with Crippen molar-refractivity contribution in [1.82, 2.24) is 14.9 Å². The topological polar surface area (TPSA) is 109 Å². The molecule has 3 N–H and O–H groups in total. The lowest BCUT2D eigenvalue weighted by molar-refractivity contribution is -0.917. The molecule has 1 atom stereocenters. The third-order valence-corrected chi connectivity index (χ3v) is 6.64. The van der Waals surface area contributed by atoms with Crippen LogP contribution < -0.4 is 20.3 Å². The van der Waals surface area contributed by atoms with Crippen LogP contribution in [0, 0.1) is 0 Å². The Morgan fingerprint density at radius 2 is 1.68 bits per heavy atom. The number of rotatable bonds is 6. The van der Waals surface area contributed by atoms with E-state index in [0.717, 1.165) is 4.90 Å². The third kappa shape index (κ3) is 5.43. The number of piperazine rings is 1. The standard InChI is InChI=1S/C18H28N4O5S/c1-13(2)19-18(24)20-17(23)14(3)21-9-11-22(12-10-21)28(25,26)16-7-5-15(27-4)6-8-16/h5-8,13-14H,9-12H2,1-4H3,(H2,19,20,23,24)/p+1/t14-/m1/s1. The summed E-state index contributed by atoms with van der Waals surface area (Å²) >= 11 is 0. The zero-order chi connectivity index (χ0) is 20.9. The maximum Gasteiger partial charge on any atom is 0.321 e. The van der Waals surface area contributed by atoms with Crippen LogP contribution in [-0.2, 0) is 14.8 Å². The summed E-state index contributed by atoms with van der Waals surface area (Å²) in [6, 6.07) is 5.23. The Kier molecular flexibility index (Phi) is 7.39. The predicted molar refractivity (Wildman–Crippen MR) is 104 cm³/mol. The molecule has 1 aliphatic heterocycles. The van der Waals surface area contributed by atoms with E-state index in [1.165, 1.54) is 23.5 Å². The molecule has 9 nitrogen and oxygen atoms in total. The van der Waals surface area contributed by atoms with E-state index in [9.17, 15) is 18.0 Å². The van der Waals surface area contributed by atoms with Crippen LogP contribution in [0.5, 0.6) is 5.75 Å². The number of urea groups is 1. The highest BCUT2D eigenvalue weighted by atomic mass is 32.2. The molecule has 1 heterocycles. The fourth-order valence-electron chi connectivity index (χ4n) is 3.05. The van der Waals surface area contributed by atoms with Crippen molar-refractivity contribution in [3.8, 4) is 5.75 Å². The summed E-state index contributed by atoms with van der Waals surface area (Å²) in [6.45, 7) is 6.92. The summed E-state index contributed by atoms with van der Waals surface area (Å²) in [6.07, 6.45) is 0. The number of amides is 3. The number of imide groups is 1. The molecule has 156 valence electrons. The number of quaternary nitrogens is 1. The maximum absolute atomic E-state index is 12.8. The monoisotopic (exact) mass is 413 g/mol. The Morgan fingerprint density at radius 3 is 2.18 bits per heavy atom. The molecule has 1 aliphatic rings. The zero-order valence-corrected chi connectivity index (χ0v) is 17.5. The number of sulfonamides is 1. The smallest absolute Gasteiger partial charge is 0.321 e. The van der Waals surface area contributed by atoms with Gasteiger partial charge in [-0.2, -0.15) is 4.31 Å². The Labute approximate surface area is 166 Å². The van der Waals surface area contributed by atoms with Crippen LogP contribution in [0.4, 0.5) is 4.79 Å². The summed E-state index contributed by atoms with van der Waals surface area (Å²) < 4.78 is 32.1. The van der Waals surface area contributed by atoms with E-state index in [1.807, 2.05) is 0 Å². The molecular weight excluding hydrogens is 384 g/mol. The van der Waals surface area contributed by atoms with E-state index in [1.54, 1.807) is 32.9 Å². The second kappa shape index (κ2) is 9.35. The quantitative estimate of drug-likeness (QED) is 0.566. The number of ether oxygens (including phenoxy) is 1. The molecule has 1 fully saturated rings. The van der Waals surface area contributed by atoms with E-state index in [-0.39, 0.29) is 16.8 Å². The molecule has 3 amide bonds. The molecule has 1 saturated heterocycles. The first-order valence-electron chi connectivity index (χ1n) is 9.25. The van der Waals surface area contributed by atoms with Crippen molar-refractivity contribution in [3.05, 3.63) is 24.3 Å². The molecule has 0 radical (unpaired) electrons. The molecule has 0 spiro atoms. The van der Waals surface area contributed by atoms with Gasteiger partial charge in [0.15, 0.2) is 6.04 Å². The minimum Gasteiger partial charge on any atom is -0.497 e. The number of nitrogens with one attached hydrogen (secondary N) is 3. The van der Waals surface area contributed by atoms with Gasteiger partial charge in [0.1, 0.15) is 5.75 Å². The van der Waals surface area contributed by atoms with Gasteiger partial charge in [0.2, 0.25) is 10.0 Å². The van der Waals surface area contributed by atoms with Gasteiger partial charge in [0.05, 0.1) is 38.2 Å². The third-order valence-electron chi connectivity index (χ3n) is 4.72. The molecular formula is C18H29N4O5S+. The van der Waals surface area contributed by atoms with Crippen LogP contribution in [-0.4, -0.2) is 70.0 Å². The van der Waals surface area contributed by atoms with E-state index in [2.05, 4.69) is 10.6 Å². The highest BCUT2D eigenvalue weighted by molar-refractivity contribution is 7.89. The molecule has 0 aliphatic carbocycles. The van der Waals surface area contributed by atoms with Crippen LogP contribution in [0.25, 0.3) is 0 Å². The molecule has 2 rings (SSSR count). The fraction of sp³-hybridized carbons (Fsp3) is 0.556. The summed E-state index contributed by atoms with van der Waals surface area (Å²) in [4.78, 5) is 25.1. The van der Waals surface area contributed by atoms with Gasteiger partial charge >= 0.3 is 6.03 Å². The van der Waals surface area contributed by atoms with Gasteiger partial charge in [-0.3, -0.25) is 10.1 Å². The Hall–Kier alpha value is -2.17. The Morgan fingerprint density at radius 1 is 1.11 bits per heavy atom. The lowest BCUT2D eigenvalue weighted by Gasteiger charge is -2.34. The molecule has 28 heavy (non-hydrogen) atoms. The largest absolute Gasteiger partial charge is 0.497 e. The van der Waals surface area contributed by atoms with E-state index >= 15 is 0 Å². The van der Waals surface area contributed by atoms with Crippen molar-refractivity contribution in [2.75, 3.05) is 33.3 Å². The van der Waals surface area contributed by atoms with Crippen LogP contribution >= 0.6 is 0 Å². The van der Waals surface area contributed by atoms with Crippen LogP contribution in [0.1, 0.15) is 20.8 Å². The van der Waals surface area contributed by atoms with Gasteiger partial charge in [-0.1, -0.05) is 0 Å². The molecule has 0 bridgehead atoms. The molecule has 0 aromatic heterocycles. The Bertz CT molecular complexity index is 787. The van der Waals surface area contributed by atoms with Crippen molar-refractivity contribution in [1.29, 1.82) is 0 Å². The van der Waals surface area contributed by atoms with Crippen LogP contribution in [0.15, 0.2) is 29.2 Å². The molecule has 0 unspecified atom stereocenters. The van der Waals surface area contributed by atoms with Crippen molar-refractivity contribution >= 4 is 22.0 Å². The SMILES string of the molecule is COc1ccc(S(=O)(=O)N2CC[NH+]([C@H](C)C(=O)NC(=O)NC(C)C)CC2)cc1. The number of carbonyl (C=O) groups is 2. The Balaban J connectivity index is 1.93. The van der Waals surface area contributed by atoms with Gasteiger partial charge in [0.25, 0.3) is 5.91 Å². The number of carbonyl (C=O) groups excluding carboxylic acids is 2. The fourth-order valence-corrected chi connectivity index (χ4v) is 4.49. The van der Waals surface area contributed by atoms with Gasteiger partial charge < -0.3 is 15.0 Å². The number of hydrogen-bond donors (Lipinski definition) is 3. The highest BCUT2D eigenvalue weighted by Gasteiger charge is 2.34. The minimum atomic E-state index is -3.59. The van der Waals surface area contributed by atoms with Crippen LogP contribution in [0.3, 0.4) is 0 Å². The molecule has 1 aromatic carbocycles. The summed E-state index contributed by atoms with van der Waals surface area (Å²) in [5.41, 5.74) is 0. The highest BCUT2D eigenvalue weighted by Crippen LogP contribution is 2.19. The summed E-state index contributed by atoms with van der Waals surface area (Å²) in [5.74, 6) is 0.217.